The lowest BCUT2D eigenvalue weighted by Gasteiger charge is -2.08. The summed E-state index contributed by atoms with van der Waals surface area (Å²) in [4.78, 5) is 14.8. The molecule has 0 fully saturated rings. The summed E-state index contributed by atoms with van der Waals surface area (Å²) in [6.07, 6.45) is 3.50. The minimum absolute atomic E-state index is 0.0436. The van der Waals surface area contributed by atoms with E-state index in [2.05, 4.69) is 11.9 Å². The highest BCUT2D eigenvalue weighted by atomic mass is 16.6. The normalized spacial score (nSPS) is 10.7. The number of methoxy groups -OCH3 is 2. The first kappa shape index (κ1) is 14.9. The largest absolute Gasteiger partial charge is 0.493 e. The number of aliphatic imine (C=N–C) groups is 1. The number of unbranched alkanes of at least 4 members (excludes halogenated alkanes) is 1. The molecule has 0 saturated carbocycles. The Kier molecular flexibility index (Phi) is 5.78. The summed E-state index contributed by atoms with van der Waals surface area (Å²) < 4.78 is 10.2. The molecule has 0 aliphatic rings. The summed E-state index contributed by atoms with van der Waals surface area (Å²) in [6, 6.07) is 2.91. The summed E-state index contributed by atoms with van der Waals surface area (Å²) in [5.41, 5.74) is 0.372. The van der Waals surface area contributed by atoms with Crippen molar-refractivity contribution in [3.63, 3.8) is 0 Å². The van der Waals surface area contributed by atoms with Gasteiger partial charge in [0.15, 0.2) is 11.5 Å². The van der Waals surface area contributed by atoms with Gasteiger partial charge in [0.05, 0.1) is 30.8 Å². The molecule has 0 radical (unpaired) electrons. The molecule has 0 heterocycles. The van der Waals surface area contributed by atoms with E-state index in [1.807, 2.05) is 0 Å². The van der Waals surface area contributed by atoms with Crippen molar-refractivity contribution in [3.8, 4) is 11.5 Å². The van der Waals surface area contributed by atoms with Gasteiger partial charge in [-0.15, -0.1) is 0 Å². The van der Waals surface area contributed by atoms with E-state index in [0.29, 0.717) is 23.6 Å². The number of hydrogen-bond donors (Lipinski definition) is 0. The van der Waals surface area contributed by atoms with Gasteiger partial charge in [0.2, 0.25) is 0 Å². The topological polar surface area (TPSA) is 74.0 Å². The van der Waals surface area contributed by atoms with Gasteiger partial charge in [-0.1, -0.05) is 13.3 Å². The predicted molar refractivity (Wildman–Crippen MR) is 73.6 cm³/mol. The van der Waals surface area contributed by atoms with Gasteiger partial charge in [-0.3, -0.25) is 15.1 Å². The van der Waals surface area contributed by atoms with Crippen LogP contribution in [0.3, 0.4) is 0 Å². The SMILES string of the molecule is CCCC/N=C/c1cc(OC)c(OC)cc1[N+](=O)[O-]. The lowest BCUT2D eigenvalue weighted by Crippen LogP contribution is -1.99. The molecule has 1 aromatic carbocycles. The van der Waals surface area contributed by atoms with Crippen molar-refractivity contribution in [1.29, 1.82) is 0 Å². The smallest absolute Gasteiger partial charge is 0.282 e. The molecule has 0 saturated heterocycles. The van der Waals surface area contributed by atoms with Crippen LogP contribution in [0.25, 0.3) is 0 Å². The second-order valence-electron chi connectivity index (χ2n) is 3.91. The van der Waals surface area contributed by atoms with E-state index in [0.717, 1.165) is 12.8 Å². The van der Waals surface area contributed by atoms with E-state index in [9.17, 15) is 10.1 Å². The molecule has 0 aliphatic heterocycles. The zero-order valence-corrected chi connectivity index (χ0v) is 11.4. The third kappa shape index (κ3) is 3.94. The molecule has 0 atom stereocenters. The second kappa shape index (κ2) is 7.35. The molecule has 1 aromatic rings. The van der Waals surface area contributed by atoms with Gasteiger partial charge in [0, 0.05) is 12.8 Å². The Hall–Kier alpha value is -2.11. The predicted octanol–water partition coefficient (Wildman–Crippen LogP) is 2.83. The maximum absolute atomic E-state index is 11.0. The van der Waals surface area contributed by atoms with Crippen LogP contribution in [-0.2, 0) is 0 Å². The first-order valence-electron chi connectivity index (χ1n) is 6.04. The maximum Gasteiger partial charge on any atom is 0.282 e. The van der Waals surface area contributed by atoms with E-state index in [1.165, 1.54) is 26.5 Å². The lowest BCUT2D eigenvalue weighted by molar-refractivity contribution is -0.385. The molecule has 0 aliphatic carbocycles. The van der Waals surface area contributed by atoms with Crippen LogP contribution in [0, 0.1) is 10.1 Å². The van der Waals surface area contributed by atoms with Crippen molar-refractivity contribution >= 4 is 11.9 Å². The highest BCUT2D eigenvalue weighted by Crippen LogP contribution is 2.33. The first-order valence-corrected chi connectivity index (χ1v) is 6.04. The summed E-state index contributed by atoms with van der Waals surface area (Å²) in [5, 5.41) is 11.0. The van der Waals surface area contributed by atoms with Gasteiger partial charge in [-0.2, -0.15) is 0 Å². The minimum Gasteiger partial charge on any atom is -0.493 e. The fraction of sp³-hybridized carbons (Fsp3) is 0.462. The lowest BCUT2D eigenvalue weighted by atomic mass is 10.1. The molecule has 6 heteroatoms. The van der Waals surface area contributed by atoms with Crippen LogP contribution in [0.4, 0.5) is 5.69 Å². The molecule has 0 bridgehead atoms. The van der Waals surface area contributed by atoms with Crippen LogP contribution in [0.1, 0.15) is 25.3 Å². The molecule has 6 nitrogen and oxygen atoms in total. The summed E-state index contributed by atoms with van der Waals surface area (Å²) >= 11 is 0. The van der Waals surface area contributed by atoms with Crippen molar-refractivity contribution < 1.29 is 14.4 Å². The fourth-order valence-corrected chi connectivity index (χ4v) is 1.56. The fourth-order valence-electron chi connectivity index (χ4n) is 1.56. The van der Waals surface area contributed by atoms with E-state index in [-0.39, 0.29) is 5.69 Å². The Balaban J connectivity index is 3.12. The number of benzene rings is 1. The molecule has 1 rings (SSSR count). The number of ether oxygens (including phenoxy) is 2. The van der Waals surface area contributed by atoms with Crippen LogP contribution in [0.15, 0.2) is 17.1 Å². The highest BCUT2D eigenvalue weighted by molar-refractivity contribution is 5.87. The molecule has 0 amide bonds. The molecule has 0 N–H and O–H groups in total. The van der Waals surface area contributed by atoms with Crippen LogP contribution in [0.2, 0.25) is 0 Å². The van der Waals surface area contributed by atoms with E-state index >= 15 is 0 Å². The Morgan fingerprint density at radius 1 is 1.32 bits per heavy atom. The molecular formula is C13H18N2O4. The molecule has 0 aromatic heterocycles. The van der Waals surface area contributed by atoms with Gasteiger partial charge in [-0.25, -0.2) is 0 Å². The maximum atomic E-state index is 11.0. The third-order valence-corrected chi connectivity index (χ3v) is 2.60. The van der Waals surface area contributed by atoms with Crippen molar-refractivity contribution in [2.45, 2.75) is 19.8 Å². The van der Waals surface area contributed by atoms with Gasteiger partial charge >= 0.3 is 0 Å². The monoisotopic (exact) mass is 266 g/mol. The number of nitrogens with zero attached hydrogens (tertiary/aromatic N) is 2. The average Bonchev–Trinajstić information content (AvgIpc) is 2.42. The minimum atomic E-state index is -0.455. The Bertz CT molecular complexity index is 472. The number of nitro groups is 1. The van der Waals surface area contributed by atoms with Crippen molar-refractivity contribution in [2.75, 3.05) is 20.8 Å². The van der Waals surface area contributed by atoms with Gasteiger partial charge < -0.3 is 9.47 Å². The van der Waals surface area contributed by atoms with Crippen molar-refractivity contribution in [3.05, 3.63) is 27.8 Å². The number of hydrogen-bond acceptors (Lipinski definition) is 5. The van der Waals surface area contributed by atoms with Gasteiger partial charge in [0.25, 0.3) is 5.69 Å². The van der Waals surface area contributed by atoms with E-state index in [1.54, 1.807) is 6.07 Å². The summed E-state index contributed by atoms with van der Waals surface area (Å²) in [7, 11) is 2.93. The van der Waals surface area contributed by atoms with E-state index in [4.69, 9.17) is 9.47 Å². The Morgan fingerprint density at radius 3 is 2.47 bits per heavy atom. The molecule has 0 unspecified atom stereocenters. The highest BCUT2D eigenvalue weighted by Gasteiger charge is 2.18. The molecular weight excluding hydrogens is 248 g/mol. The average molecular weight is 266 g/mol. The molecule has 19 heavy (non-hydrogen) atoms. The standard InChI is InChI=1S/C13H18N2O4/c1-4-5-6-14-9-10-7-12(18-2)13(19-3)8-11(10)15(16)17/h7-9H,4-6H2,1-3H3/b14-9+. The zero-order chi connectivity index (χ0) is 14.3. The number of nitro benzene ring substituents is 1. The summed E-state index contributed by atoms with van der Waals surface area (Å²) in [6.45, 7) is 2.72. The van der Waals surface area contributed by atoms with Gasteiger partial charge in [-0.05, 0) is 12.5 Å². The van der Waals surface area contributed by atoms with E-state index < -0.39 is 4.92 Å². The second-order valence-corrected chi connectivity index (χ2v) is 3.91. The van der Waals surface area contributed by atoms with Gasteiger partial charge in [0.1, 0.15) is 0 Å². The zero-order valence-electron chi connectivity index (χ0n) is 11.4. The van der Waals surface area contributed by atoms with Crippen LogP contribution < -0.4 is 9.47 Å². The van der Waals surface area contributed by atoms with Crippen molar-refractivity contribution in [2.24, 2.45) is 4.99 Å². The van der Waals surface area contributed by atoms with Crippen LogP contribution in [-0.4, -0.2) is 31.9 Å². The molecule has 104 valence electrons. The van der Waals surface area contributed by atoms with Crippen molar-refractivity contribution in [1.82, 2.24) is 0 Å². The number of rotatable bonds is 7. The third-order valence-electron chi connectivity index (χ3n) is 2.60. The molecule has 0 spiro atoms. The Labute approximate surface area is 112 Å². The summed E-state index contributed by atoms with van der Waals surface area (Å²) in [5.74, 6) is 0.782. The quantitative estimate of drug-likeness (QED) is 0.329. The van der Waals surface area contributed by atoms with Crippen LogP contribution in [0.5, 0.6) is 11.5 Å². The van der Waals surface area contributed by atoms with Crippen LogP contribution >= 0.6 is 0 Å². The Morgan fingerprint density at radius 2 is 1.95 bits per heavy atom. The first-order chi connectivity index (χ1) is 9.13.